The SMILES string of the molecule is C(=CN1CCN(CC2CCc3ccccc3O2)CC1)c1ccccc1. The quantitative estimate of drug-likeness (QED) is 0.848. The van der Waals surface area contributed by atoms with E-state index in [1.807, 2.05) is 0 Å². The summed E-state index contributed by atoms with van der Waals surface area (Å²) in [7, 11) is 0. The van der Waals surface area contributed by atoms with Gasteiger partial charge in [0.1, 0.15) is 11.9 Å². The number of para-hydroxylation sites is 1. The molecule has 0 N–H and O–H groups in total. The highest BCUT2D eigenvalue weighted by molar-refractivity contribution is 5.48. The van der Waals surface area contributed by atoms with Crippen LogP contribution in [0, 0.1) is 0 Å². The molecule has 0 bridgehead atoms. The van der Waals surface area contributed by atoms with Gasteiger partial charge in [0.2, 0.25) is 0 Å². The molecule has 130 valence electrons. The highest BCUT2D eigenvalue weighted by atomic mass is 16.5. The third-order valence-corrected chi connectivity index (χ3v) is 5.15. The Balaban J connectivity index is 1.25. The number of rotatable bonds is 4. The van der Waals surface area contributed by atoms with Gasteiger partial charge in [0.05, 0.1) is 0 Å². The molecule has 0 spiro atoms. The average molecular weight is 334 g/mol. The molecular weight excluding hydrogens is 308 g/mol. The van der Waals surface area contributed by atoms with E-state index in [1.165, 1.54) is 11.1 Å². The van der Waals surface area contributed by atoms with Gasteiger partial charge in [-0.05, 0) is 42.3 Å². The van der Waals surface area contributed by atoms with Crippen LogP contribution in [0.25, 0.3) is 6.08 Å². The molecule has 4 rings (SSSR count). The van der Waals surface area contributed by atoms with Crippen LogP contribution in [0.1, 0.15) is 17.5 Å². The van der Waals surface area contributed by atoms with Crippen LogP contribution in [-0.2, 0) is 6.42 Å². The lowest BCUT2D eigenvalue weighted by atomic mass is 10.0. The van der Waals surface area contributed by atoms with Crippen molar-refractivity contribution in [1.82, 2.24) is 9.80 Å². The lowest BCUT2D eigenvalue weighted by Gasteiger charge is -2.37. The van der Waals surface area contributed by atoms with Crippen LogP contribution in [0.2, 0.25) is 0 Å². The first-order valence-electron chi connectivity index (χ1n) is 9.31. The first kappa shape index (κ1) is 16.2. The molecule has 3 heteroatoms. The monoisotopic (exact) mass is 334 g/mol. The maximum absolute atomic E-state index is 6.20. The fraction of sp³-hybridized carbons (Fsp3) is 0.364. The Morgan fingerprint density at radius 3 is 2.52 bits per heavy atom. The van der Waals surface area contributed by atoms with E-state index >= 15 is 0 Å². The van der Waals surface area contributed by atoms with Gasteiger partial charge in [0.25, 0.3) is 0 Å². The van der Waals surface area contributed by atoms with E-state index in [1.54, 1.807) is 0 Å². The van der Waals surface area contributed by atoms with Crippen molar-refractivity contribution < 1.29 is 4.74 Å². The first-order chi connectivity index (χ1) is 12.4. The number of fused-ring (bicyclic) bond motifs is 1. The molecule has 3 nitrogen and oxygen atoms in total. The summed E-state index contributed by atoms with van der Waals surface area (Å²) in [6, 6.07) is 19.0. The molecule has 2 aromatic carbocycles. The highest BCUT2D eigenvalue weighted by Gasteiger charge is 2.23. The molecule has 2 aliphatic heterocycles. The van der Waals surface area contributed by atoms with Crippen molar-refractivity contribution in [3.05, 3.63) is 71.9 Å². The van der Waals surface area contributed by atoms with E-state index in [4.69, 9.17) is 4.74 Å². The lowest BCUT2D eigenvalue weighted by molar-refractivity contribution is 0.0877. The Morgan fingerprint density at radius 1 is 0.920 bits per heavy atom. The van der Waals surface area contributed by atoms with Gasteiger partial charge in [-0.15, -0.1) is 0 Å². The Hall–Kier alpha value is -2.26. The minimum Gasteiger partial charge on any atom is -0.489 e. The largest absolute Gasteiger partial charge is 0.489 e. The number of hydrogen-bond donors (Lipinski definition) is 0. The molecule has 1 fully saturated rings. The average Bonchev–Trinajstić information content (AvgIpc) is 2.68. The van der Waals surface area contributed by atoms with Crippen LogP contribution in [0.15, 0.2) is 60.8 Å². The predicted molar refractivity (Wildman–Crippen MR) is 103 cm³/mol. The number of hydrogen-bond acceptors (Lipinski definition) is 3. The van der Waals surface area contributed by atoms with E-state index in [2.05, 4.69) is 76.7 Å². The zero-order valence-corrected chi connectivity index (χ0v) is 14.7. The van der Waals surface area contributed by atoms with Crippen molar-refractivity contribution in [3.8, 4) is 5.75 Å². The smallest absolute Gasteiger partial charge is 0.122 e. The predicted octanol–water partition coefficient (Wildman–Crippen LogP) is 3.67. The Morgan fingerprint density at radius 2 is 1.68 bits per heavy atom. The van der Waals surface area contributed by atoms with Gasteiger partial charge in [0, 0.05) is 32.7 Å². The number of aryl methyl sites for hydroxylation is 1. The van der Waals surface area contributed by atoms with Crippen LogP contribution in [0.5, 0.6) is 5.75 Å². The lowest BCUT2D eigenvalue weighted by Crippen LogP contribution is -2.48. The van der Waals surface area contributed by atoms with E-state index in [9.17, 15) is 0 Å². The minimum atomic E-state index is 0.335. The van der Waals surface area contributed by atoms with Crippen molar-refractivity contribution in [3.63, 3.8) is 0 Å². The van der Waals surface area contributed by atoms with Crippen LogP contribution in [-0.4, -0.2) is 48.6 Å². The minimum absolute atomic E-state index is 0.335. The van der Waals surface area contributed by atoms with Gasteiger partial charge in [-0.1, -0.05) is 48.5 Å². The van der Waals surface area contributed by atoms with E-state index in [0.29, 0.717) is 6.10 Å². The topological polar surface area (TPSA) is 15.7 Å². The molecule has 1 unspecified atom stereocenters. The molecular formula is C22H26N2O. The van der Waals surface area contributed by atoms with E-state index in [0.717, 1.165) is 51.3 Å². The molecule has 0 radical (unpaired) electrons. The van der Waals surface area contributed by atoms with Gasteiger partial charge in [0.15, 0.2) is 0 Å². The summed E-state index contributed by atoms with van der Waals surface area (Å²) < 4.78 is 6.20. The molecule has 0 saturated carbocycles. The van der Waals surface area contributed by atoms with E-state index < -0.39 is 0 Å². The third kappa shape index (κ3) is 4.23. The molecule has 2 aromatic rings. The van der Waals surface area contributed by atoms with Crippen molar-refractivity contribution in [1.29, 1.82) is 0 Å². The maximum atomic E-state index is 6.20. The molecule has 0 amide bonds. The van der Waals surface area contributed by atoms with Crippen LogP contribution < -0.4 is 4.74 Å². The second-order valence-corrected chi connectivity index (χ2v) is 6.95. The van der Waals surface area contributed by atoms with Gasteiger partial charge < -0.3 is 9.64 Å². The fourth-order valence-corrected chi connectivity index (χ4v) is 3.65. The van der Waals surface area contributed by atoms with Crippen LogP contribution in [0.3, 0.4) is 0 Å². The Kier molecular flexibility index (Phi) is 5.03. The van der Waals surface area contributed by atoms with Gasteiger partial charge >= 0.3 is 0 Å². The summed E-state index contributed by atoms with van der Waals surface area (Å²) in [5.41, 5.74) is 2.62. The van der Waals surface area contributed by atoms with Gasteiger partial charge in [-0.25, -0.2) is 0 Å². The molecule has 0 aliphatic carbocycles. The first-order valence-corrected chi connectivity index (χ1v) is 9.31. The molecule has 25 heavy (non-hydrogen) atoms. The summed E-state index contributed by atoms with van der Waals surface area (Å²) in [4.78, 5) is 4.96. The summed E-state index contributed by atoms with van der Waals surface area (Å²) in [5.74, 6) is 1.09. The van der Waals surface area contributed by atoms with E-state index in [-0.39, 0.29) is 0 Å². The summed E-state index contributed by atoms with van der Waals surface area (Å²) in [6.45, 7) is 5.45. The maximum Gasteiger partial charge on any atom is 0.122 e. The molecule has 2 aliphatic rings. The fourth-order valence-electron chi connectivity index (χ4n) is 3.65. The number of piperazine rings is 1. The van der Waals surface area contributed by atoms with Gasteiger partial charge in [-0.2, -0.15) is 0 Å². The zero-order chi connectivity index (χ0) is 16.9. The van der Waals surface area contributed by atoms with Gasteiger partial charge in [-0.3, -0.25) is 4.90 Å². The number of ether oxygens (including phenoxy) is 1. The van der Waals surface area contributed by atoms with Crippen LogP contribution >= 0.6 is 0 Å². The normalized spacial score (nSPS) is 21.1. The molecule has 2 heterocycles. The number of nitrogens with zero attached hydrogens (tertiary/aromatic N) is 2. The second kappa shape index (κ2) is 7.75. The van der Waals surface area contributed by atoms with Crippen LogP contribution in [0.4, 0.5) is 0 Å². The third-order valence-electron chi connectivity index (χ3n) is 5.15. The van der Waals surface area contributed by atoms with Crippen molar-refractivity contribution in [2.45, 2.75) is 18.9 Å². The number of benzene rings is 2. The molecule has 0 aromatic heterocycles. The van der Waals surface area contributed by atoms with Crippen molar-refractivity contribution in [2.75, 3.05) is 32.7 Å². The van der Waals surface area contributed by atoms with Crippen molar-refractivity contribution >= 4 is 6.08 Å². The zero-order valence-electron chi connectivity index (χ0n) is 14.7. The molecule has 1 atom stereocenters. The van der Waals surface area contributed by atoms with Crippen molar-refractivity contribution in [2.24, 2.45) is 0 Å². The Bertz CT molecular complexity index is 705. The standard InChI is InChI=1S/C22H26N2O/c1-2-6-19(7-3-1)12-13-23-14-16-24(17-15-23)18-21-11-10-20-8-4-5-9-22(20)25-21/h1-9,12-13,21H,10-11,14-18H2. The summed E-state index contributed by atoms with van der Waals surface area (Å²) in [5, 5.41) is 0. The second-order valence-electron chi connectivity index (χ2n) is 6.95. The summed E-state index contributed by atoms with van der Waals surface area (Å²) in [6.07, 6.45) is 7.05. The highest BCUT2D eigenvalue weighted by Crippen LogP contribution is 2.27. The molecule has 1 saturated heterocycles. The Labute approximate surface area is 150 Å². The summed E-state index contributed by atoms with van der Waals surface area (Å²) >= 11 is 0.